The van der Waals surface area contributed by atoms with E-state index in [1.807, 2.05) is 12.1 Å². The van der Waals surface area contributed by atoms with Crippen LogP contribution >= 0.6 is 11.3 Å². The average Bonchev–Trinajstić information content (AvgIpc) is 2.95. The van der Waals surface area contributed by atoms with Crippen LogP contribution in [-0.2, 0) is 6.42 Å². The Morgan fingerprint density at radius 2 is 1.95 bits per heavy atom. The minimum atomic E-state index is -0.117. The molecule has 0 spiro atoms. The van der Waals surface area contributed by atoms with Gasteiger partial charge in [-0.3, -0.25) is 0 Å². The SMILES string of the molecule is CC(Cc1ccccc1F)NCC(c1cccs1)N(C)C. The van der Waals surface area contributed by atoms with Gasteiger partial charge in [-0.25, -0.2) is 4.39 Å². The first kappa shape index (κ1) is 16.1. The Hall–Kier alpha value is -1.23. The third kappa shape index (κ3) is 4.63. The summed E-state index contributed by atoms with van der Waals surface area (Å²) >= 11 is 1.78. The molecule has 2 rings (SSSR count). The number of halogens is 1. The second kappa shape index (κ2) is 7.69. The molecule has 2 atom stereocenters. The zero-order chi connectivity index (χ0) is 15.2. The Morgan fingerprint density at radius 3 is 2.57 bits per heavy atom. The van der Waals surface area contributed by atoms with Gasteiger partial charge in [-0.15, -0.1) is 11.3 Å². The highest BCUT2D eigenvalue weighted by Gasteiger charge is 2.16. The molecule has 0 aliphatic carbocycles. The molecule has 21 heavy (non-hydrogen) atoms. The van der Waals surface area contributed by atoms with Gasteiger partial charge in [0, 0.05) is 17.5 Å². The van der Waals surface area contributed by atoms with E-state index in [4.69, 9.17) is 0 Å². The monoisotopic (exact) mass is 306 g/mol. The van der Waals surface area contributed by atoms with E-state index < -0.39 is 0 Å². The fourth-order valence-electron chi connectivity index (χ4n) is 2.40. The highest BCUT2D eigenvalue weighted by molar-refractivity contribution is 7.10. The Balaban J connectivity index is 1.90. The number of likely N-dealkylation sites (N-methyl/N-ethyl adjacent to an activating group) is 1. The summed E-state index contributed by atoms with van der Waals surface area (Å²) in [7, 11) is 4.18. The topological polar surface area (TPSA) is 15.3 Å². The molecule has 1 N–H and O–H groups in total. The Morgan fingerprint density at radius 1 is 1.19 bits per heavy atom. The van der Waals surface area contributed by atoms with Crippen molar-refractivity contribution in [3.05, 3.63) is 58.0 Å². The maximum absolute atomic E-state index is 13.7. The number of hydrogen-bond donors (Lipinski definition) is 1. The third-order valence-corrected chi connectivity index (χ3v) is 4.61. The molecule has 1 aromatic heterocycles. The van der Waals surface area contributed by atoms with Crippen LogP contribution in [0.3, 0.4) is 0 Å². The van der Waals surface area contributed by atoms with Crippen molar-refractivity contribution in [2.24, 2.45) is 0 Å². The molecule has 0 aliphatic rings. The van der Waals surface area contributed by atoms with Gasteiger partial charge in [-0.05, 0) is 50.5 Å². The number of rotatable bonds is 7. The predicted octanol–water partition coefficient (Wildman–Crippen LogP) is 3.71. The summed E-state index contributed by atoms with van der Waals surface area (Å²) in [5, 5.41) is 5.63. The molecule has 2 aromatic rings. The van der Waals surface area contributed by atoms with Gasteiger partial charge in [0.1, 0.15) is 5.82 Å². The van der Waals surface area contributed by atoms with Gasteiger partial charge in [-0.2, -0.15) is 0 Å². The number of hydrogen-bond acceptors (Lipinski definition) is 3. The van der Waals surface area contributed by atoms with Crippen LogP contribution in [-0.4, -0.2) is 31.6 Å². The summed E-state index contributed by atoms with van der Waals surface area (Å²) in [6.07, 6.45) is 0.706. The lowest BCUT2D eigenvalue weighted by Crippen LogP contribution is -2.36. The minimum Gasteiger partial charge on any atom is -0.312 e. The summed E-state index contributed by atoms with van der Waals surface area (Å²) in [5.74, 6) is -0.117. The lowest BCUT2D eigenvalue weighted by Gasteiger charge is -2.25. The van der Waals surface area contributed by atoms with E-state index in [-0.39, 0.29) is 11.9 Å². The summed E-state index contributed by atoms with van der Waals surface area (Å²) in [6.45, 7) is 2.97. The molecule has 1 aromatic carbocycles. The van der Waals surface area contributed by atoms with Crippen molar-refractivity contribution in [2.75, 3.05) is 20.6 Å². The molecule has 0 radical (unpaired) electrons. The molecule has 2 unspecified atom stereocenters. The highest BCUT2D eigenvalue weighted by atomic mass is 32.1. The molecular weight excluding hydrogens is 283 g/mol. The first-order chi connectivity index (χ1) is 10.1. The summed E-state index contributed by atoms with van der Waals surface area (Å²) < 4.78 is 13.7. The van der Waals surface area contributed by atoms with E-state index in [2.05, 4.69) is 48.7 Å². The number of nitrogens with zero attached hydrogens (tertiary/aromatic N) is 1. The van der Waals surface area contributed by atoms with Gasteiger partial charge >= 0.3 is 0 Å². The van der Waals surface area contributed by atoms with Crippen LogP contribution in [0.4, 0.5) is 4.39 Å². The Kier molecular flexibility index (Phi) is 5.91. The molecular formula is C17H23FN2S. The van der Waals surface area contributed by atoms with E-state index in [0.717, 1.165) is 12.1 Å². The van der Waals surface area contributed by atoms with Crippen LogP contribution in [0, 0.1) is 5.82 Å². The third-order valence-electron chi connectivity index (χ3n) is 3.64. The Labute approximate surface area is 130 Å². The van der Waals surface area contributed by atoms with Crippen molar-refractivity contribution in [3.8, 4) is 0 Å². The molecule has 2 nitrogen and oxygen atoms in total. The number of thiophene rings is 1. The van der Waals surface area contributed by atoms with Crippen LogP contribution in [0.2, 0.25) is 0 Å². The zero-order valence-corrected chi connectivity index (χ0v) is 13.7. The molecule has 0 aliphatic heterocycles. The van der Waals surface area contributed by atoms with Crippen LogP contribution in [0.25, 0.3) is 0 Å². The van der Waals surface area contributed by atoms with E-state index >= 15 is 0 Å². The first-order valence-electron chi connectivity index (χ1n) is 7.24. The van der Waals surface area contributed by atoms with Gasteiger partial charge < -0.3 is 10.2 Å². The molecule has 0 fully saturated rings. The van der Waals surface area contributed by atoms with Crippen LogP contribution < -0.4 is 5.32 Å². The van der Waals surface area contributed by atoms with Crippen LogP contribution in [0.1, 0.15) is 23.4 Å². The largest absolute Gasteiger partial charge is 0.312 e. The van der Waals surface area contributed by atoms with Crippen LogP contribution in [0.5, 0.6) is 0 Å². The highest BCUT2D eigenvalue weighted by Crippen LogP contribution is 2.22. The van der Waals surface area contributed by atoms with Crippen molar-refractivity contribution >= 4 is 11.3 Å². The zero-order valence-electron chi connectivity index (χ0n) is 12.8. The average molecular weight is 306 g/mol. The van der Waals surface area contributed by atoms with Crippen molar-refractivity contribution in [1.29, 1.82) is 0 Å². The number of nitrogens with one attached hydrogen (secondary N) is 1. The normalized spacial score (nSPS) is 14.3. The van der Waals surface area contributed by atoms with Gasteiger partial charge in [0.2, 0.25) is 0 Å². The standard InChI is InChI=1S/C17H23FN2S/c1-13(11-14-7-4-5-8-15(14)18)19-12-16(20(2)3)17-9-6-10-21-17/h4-10,13,16,19H,11-12H2,1-3H3. The molecule has 0 saturated heterocycles. The van der Waals surface area contributed by atoms with Gasteiger partial charge in [0.15, 0.2) is 0 Å². The van der Waals surface area contributed by atoms with Gasteiger partial charge in [0.05, 0.1) is 6.04 Å². The summed E-state index contributed by atoms with van der Waals surface area (Å²) in [6, 6.07) is 11.8. The molecule has 0 amide bonds. The molecule has 4 heteroatoms. The second-order valence-corrected chi connectivity index (χ2v) is 6.58. The fourth-order valence-corrected chi connectivity index (χ4v) is 3.32. The molecule has 0 saturated carbocycles. The van der Waals surface area contributed by atoms with Crippen molar-refractivity contribution < 1.29 is 4.39 Å². The van der Waals surface area contributed by atoms with E-state index in [9.17, 15) is 4.39 Å². The van der Waals surface area contributed by atoms with Crippen molar-refractivity contribution in [2.45, 2.75) is 25.4 Å². The lowest BCUT2D eigenvalue weighted by atomic mass is 10.1. The van der Waals surface area contributed by atoms with Crippen LogP contribution in [0.15, 0.2) is 41.8 Å². The predicted molar refractivity (Wildman–Crippen MR) is 88.3 cm³/mol. The van der Waals surface area contributed by atoms with Gasteiger partial charge in [0.25, 0.3) is 0 Å². The molecule has 1 heterocycles. The maximum Gasteiger partial charge on any atom is 0.126 e. The summed E-state index contributed by atoms with van der Waals surface area (Å²) in [5.41, 5.74) is 0.773. The van der Waals surface area contributed by atoms with E-state index in [1.165, 1.54) is 10.9 Å². The maximum atomic E-state index is 13.7. The minimum absolute atomic E-state index is 0.117. The smallest absolute Gasteiger partial charge is 0.126 e. The quantitative estimate of drug-likeness (QED) is 0.839. The number of benzene rings is 1. The van der Waals surface area contributed by atoms with Crippen molar-refractivity contribution in [1.82, 2.24) is 10.2 Å². The fraction of sp³-hybridized carbons (Fsp3) is 0.412. The van der Waals surface area contributed by atoms with Gasteiger partial charge in [-0.1, -0.05) is 24.3 Å². The first-order valence-corrected chi connectivity index (χ1v) is 8.12. The van der Waals surface area contributed by atoms with E-state index in [0.29, 0.717) is 12.5 Å². The van der Waals surface area contributed by atoms with E-state index in [1.54, 1.807) is 17.4 Å². The lowest BCUT2D eigenvalue weighted by molar-refractivity contribution is 0.284. The molecule has 114 valence electrons. The Bertz CT molecular complexity index is 539. The second-order valence-electron chi connectivity index (χ2n) is 5.60. The van der Waals surface area contributed by atoms with Crippen molar-refractivity contribution in [3.63, 3.8) is 0 Å². The molecule has 0 bridgehead atoms. The summed E-state index contributed by atoms with van der Waals surface area (Å²) in [4.78, 5) is 3.57.